The van der Waals surface area contributed by atoms with E-state index in [-0.39, 0.29) is 5.82 Å². The van der Waals surface area contributed by atoms with Crippen LogP contribution in [0.5, 0.6) is 0 Å². The van der Waals surface area contributed by atoms with E-state index in [1.807, 2.05) is 12.3 Å². The van der Waals surface area contributed by atoms with Gasteiger partial charge in [0.25, 0.3) is 0 Å². The lowest BCUT2D eigenvalue weighted by molar-refractivity contribution is 0.627. The molecule has 2 aromatic carbocycles. The molecule has 1 aromatic heterocycles. The van der Waals surface area contributed by atoms with Gasteiger partial charge >= 0.3 is 0 Å². The average Bonchev–Trinajstić information content (AvgIpc) is 3.06. The summed E-state index contributed by atoms with van der Waals surface area (Å²) in [4.78, 5) is 11.6. The number of aromatic nitrogens is 2. The zero-order valence-electron chi connectivity index (χ0n) is 15.8. The van der Waals surface area contributed by atoms with Gasteiger partial charge in [-0.15, -0.1) is 0 Å². The summed E-state index contributed by atoms with van der Waals surface area (Å²) in [5, 5.41) is 0. The van der Waals surface area contributed by atoms with E-state index in [1.165, 1.54) is 23.3 Å². The quantitative estimate of drug-likeness (QED) is 0.662. The fraction of sp³-hybridized carbons (Fsp3) is 0.304. The van der Waals surface area contributed by atoms with Gasteiger partial charge in [0.2, 0.25) is 0 Å². The molecule has 0 bridgehead atoms. The Morgan fingerprint density at radius 3 is 2.52 bits per heavy atom. The van der Waals surface area contributed by atoms with Crippen LogP contribution in [0.2, 0.25) is 0 Å². The molecule has 138 valence electrons. The maximum Gasteiger partial charge on any atom is 0.135 e. The Kier molecular flexibility index (Phi) is 4.88. The van der Waals surface area contributed by atoms with Crippen LogP contribution in [0.1, 0.15) is 41.8 Å². The van der Waals surface area contributed by atoms with Crippen molar-refractivity contribution in [2.24, 2.45) is 0 Å². The molecule has 3 nitrogen and oxygen atoms in total. The highest BCUT2D eigenvalue weighted by atomic mass is 19.1. The first kappa shape index (κ1) is 17.7. The largest absolute Gasteiger partial charge is 0.353 e. The molecular formula is C23H24FN3. The summed E-state index contributed by atoms with van der Waals surface area (Å²) in [6.45, 7) is 5.35. The van der Waals surface area contributed by atoms with Gasteiger partial charge in [0.05, 0.1) is 0 Å². The number of benzene rings is 2. The predicted molar refractivity (Wildman–Crippen MR) is 107 cm³/mol. The topological polar surface area (TPSA) is 29.0 Å². The van der Waals surface area contributed by atoms with Gasteiger partial charge in [-0.05, 0) is 49.6 Å². The Hall–Kier alpha value is -2.75. The molecule has 0 spiro atoms. The van der Waals surface area contributed by atoms with Gasteiger partial charge in [0, 0.05) is 31.1 Å². The SMILES string of the molecule is Cc1ccc(C2CC(C)N(c3ccnc(Cc4ccc(F)cc4)n3)C2)cc1. The third kappa shape index (κ3) is 4.00. The van der Waals surface area contributed by atoms with Gasteiger partial charge in [-0.2, -0.15) is 0 Å². The molecule has 2 atom stereocenters. The molecule has 1 aliphatic heterocycles. The number of halogens is 1. The Morgan fingerprint density at radius 2 is 1.78 bits per heavy atom. The monoisotopic (exact) mass is 361 g/mol. The lowest BCUT2D eigenvalue weighted by atomic mass is 9.96. The van der Waals surface area contributed by atoms with Gasteiger partial charge in [0.15, 0.2) is 0 Å². The van der Waals surface area contributed by atoms with E-state index in [0.29, 0.717) is 18.4 Å². The summed E-state index contributed by atoms with van der Waals surface area (Å²) >= 11 is 0. The number of hydrogen-bond donors (Lipinski definition) is 0. The minimum Gasteiger partial charge on any atom is -0.353 e. The van der Waals surface area contributed by atoms with Crippen molar-refractivity contribution in [1.82, 2.24) is 9.97 Å². The predicted octanol–water partition coefficient (Wildman–Crippen LogP) is 4.90. The number of rotatable bonds is 4. The third-order valence-corrected chi connectivity index (χ3v) is 5.38. The number of nitrogens with zero attached hydrogens (tertiary/aromatic N) is 3. The fourth-order valence-electron chi connectivity index (χ4n) is 3.85. The molecule has 1 fully saturated rings. The highest BCUT2D eigenvalue weighted by molar-refractivity contribution is 5.43. The van der Waals surface area contributed by atoms with Crippen LogP contribution >= 0.6 is 0 Å². The molecule has 0 amide bonds. The molecule has 4 rings (SSSR count). The molecule has 1 aliphatic rings. The summed E-state index contributed by atoms with van der Waals surface area (Å²) in [7, 11) is 0. The summed E-state index contributed by atoms with van der Waals surface area (Å²) in [6.07, 6.45) is 3.56. The van der Waals surface area contributed by atoms with Gasteiger partial charge in [-0.1, -0.05) is 42.0 Å². The molecule has 3 aromatic rings. The highest BCUT2D eigenvalue weighted by Crippen LogP contribution is 2.34. The van der Waals surface area contributed by atoms with Crippen molar-refractivity contribution in [1.29, 1.82) is 0 Å². The summed E-state index contributed by atoms with van der Waals surface area (Å²) in [6, 6.07) is 17.8. The van der Waals surface area contributed by atoms with E-state index >= 15 is 0 Å². The molecule has 1 saturated heterocycles. The molecule has 0 saturated carbocycles. The summed E-state index contributed by atoms with van der Waals surface area (Å²) in [5.41, 5.74) is 3.71. The molecule has 27 heavy (non-hydrogen) atoms. The van der Waals surface area contributed by atoms with Gasteiger partial charge in [-0.3, -0.25) is 0 Å². The molecule has 2 unspecified atom stereocenters. The maximum atomic E-state index is 13.1. The van der Waals surface area contributed by atoms with Crippen molar-refractivity contribution in [2.45, 2.75) is 38.6 Å². The van der Waals surface area contributed by atoms with Crippen LogP contribution in [-0.2, 0) is 6.42 Å². The number of hydrogen-bond acceptors (Lipinski definition) is 3. The smallest absolute Gasteiger partial charge is 0.135 e. The molecule has 4 heteroatoms. The van der Waals surface area contributed by atoms with Crippen LogP contribution in [0.4, 0.5) is 10.2 Å². The van der Waals surface area contributed by atoms with Crippen molar-refractivity contribution < 1.29 is 4.39 Å². The molecule has 2 heterocycles. The molecule has 0 radical (unpaired) electrons. The second-order valence-corrected chi connectivity index (χ2v) is 7.48. The zero-order valence-corrected chi connectivity index (χ0v) is 15.8. The normalized spacial score (nSPS) is 19.4. The van der Waals surface area contributed by atoms with Crippen molar-refractivity contribution in [2.75, 3.05) is 11.4 Å². The number of anilines is 1. The lowest BCUT2D eigenvalue weighted by Gasteiger charge is -2.23. The van der Waals surface area contributed by atoms with E-state index in [0.717, 1.165) is 30.2 Å². The third-order valence-electron chi connectivity index (χ3n) is 5.38. The first-order valence-corrected chi connectivity index (χ1v) is 9.48. The van der Waals surface area contributed by atoms with Crippen molar-refractivity contribution in [3.05, 3.63) is 89.1 Å². The van der Waals surface area contributed by atoms with E-state index in [4.69, 9.17) is 4.98 Å². The summed E-state index contributed by atoms with van der Waals surface area (Å²) in [5.74, 6) is 2.05. The highest BCUT2D eigenvalue weighted by Gasteiger charge is 2.31. The van der Waals surface area contributed by atoms with Crippen LogP contribution in [0, 0.1) is 12.7 Å². The second kappa shape index (κ2) is 7.47. The van der Waals surface area contributed by atoms with Gasteiger partial charge in [-0.25, -0.2) is 14.4 Å². The second-order valence-electron chi connectivity index (χ2n) is 7.48. The van der Waals surface area contributed by atoms with Crippen LogP contribution < -0.4 is 4.90 Å². The van der Waals surface area contributed by atoms with Crippen LogP contribution in [0.3, 0.4) is 0 Å². The molecular weight excluding hydrogens is 337 g/mol. The Bertz CT molecular complexity index is 906. The Balaban J connectivity index is 1.51. The first-order valence-electron chi connectivity index (χ1n) is 9.48. The molecule has 0 N–H and O–H groups in total. The minimum absolute atomic E-state index is 0.221. The Morgan fingerprint density at radius 1 is 1.04 bits per heavy atom. The van der Waals surface area contributed by atoms with Crippen LogP contribution in [-0.4, -0.2) is 22.6 Å². The fourth-order valence-corrected chi connectivity index (χ4v) is 3.85. The summed E-state index contributed by atoms with van der Waals surface area (Å²) < 4.78 is 13.1. The van der Waals surface area contributed by atoms with Crippen molar-refractivity contribution >= 4 is 5.82 Å². The van der Waals surface area contributed by atoms with Crippen LogP contribution in [0.15, 0.2) is 60.8 Å². The van der Waals surface area contributed by atoms with E-state index in [1.54, 1.807) is 12.1 Å². The minimum atomic E-state index is -0.221. The first-order chi connectivity index (χ1) is 13.1. The van der Waals surface area contributed by atoms with E-state index < -0.39 is 0 Å². The van der Waals surface area contributed by atoms with Crippen molar-refractivity contribution in [3.8, 4) is 0 Å². The van der Waals surface area contributed by atoms with E-state index in [9.17, 15) is 4.39 Å². The van der Waals surface area contributed by atoms with Crippen LogP contribution in [0.25, 0.3) is 0 Å². The maximum absolute atomic E-state index is 13.1. The standard InChI is InChI=1S/C23H24FN3/c1-16-3-7-19(8-4-16)20-13-17(2)27(15-20)23-11-12-25-22(26-23)14-18-5-9-21(24)10-6-18/h3-12,17,20H,13-15H2,1-2H3. The van der Waals surface area contributed by atoms with Gasteiger partial charge in [0.1, 0.15) is 17.5 Å². The lowest BCUT2D eigenvalue weighted by Crippen LogP contribution is -2.28. The molecule has 0 aliphatic carbocycles. The number of aryl methyl sites for hydroxylation is 1. The van der Waals surface area contributed by atoms with Gasteiger partial charge < -0.3 is 4.90 Å². The van der Waals surface area contributed by atoms with E-state index in [2.05, 4.69) is 48.0 Å². The zero-order chi connectivity index (χ0) is 18.8. The average molecular weight is 361 g/mol. The van der Waals surface area contributed by atoms with Crippen molar-refractivity contribution in [3.63, 3.8) is 0 Å². The Labute approximate surface area is 159 Å².